The Morgan fingerprint density at radius 1 is 1.44 bits per heavy atom. The van der Waals surface area contributed by atoms with Crippen molar-refractivity contribution in [2.45, 2.75) is 25.2 Å². The third kappa shape index (κ3) is 1.75. The quantitative estimate of drug-likeness (QED) is 0.775. The maximum absolute atomic E-state index is 14.2. The molecule has 3 N–H and O–H groups in total. The zero-order valence-corrected chi connectivity index (χ0v) is 9.18. The van der Waals surface area contributed by atoms with E-state index in [0.29, 0.717) is 0 Å². The van der Waals surface area contributed by atoms with Crippen LogP contribution in [0.3, 0.4) is 0 Å². The summed E-state index contributed by atoms with van der Waals surface area (Å²) in [6, 6.07) is 0. The maximum atomic E-state index is 14.2. The van der Waals surface area contributed by atoms with Gasteiger partial charge in [0.2, 0.25) is 5.67 Å². The summed E-state index contributed by atoms with van der Waals surface area (Å²) in [5, 5.41) is 8.70. The first kappa shape index (κ1) is 14.5. The molecule has 0 fully saturated rings. The van der Waals surface area contributed by atoms with Gasteiger partial charge in [-0.2, -0.15) is 0 Å². The van der Waals surface area contributed by atoms with E-state index in [1.807, 2.05) is 0 Å². The van der Waals surface area contributed by atoms with E-state index < -0.39 is 53.3 Å². The zero-order valence-electron chi connectivity index (χ0n) is 9.18. The van der Waals surface area contributed by atoms with Gasteiger partial charge < -0.3 is 10.8 Å². The molecule has 0 saturated carbocycles. The van der Waals surface area contributed by atoms with E-state index in [1.54, 1.807) is 0 Å². The molecule has 1 rings (SSSR count). The van der Waals surface area contributed by atoms with Crippen molar-refractivity contribution in [1.29, 1.82) is 0 Å². The maximum Gasteiger partial charge on any atom is 0.310 e. The molecule has 0 spiro atoms. The minimum Gasteiger partial charge on any atom is -0.481 e. The van der Waals surface area contributed by atoms with Crippen LogP contribution in [0.25, 0.3) is 0 Å². The van der Waals surface area contributed by atoms with Crippen LogP contribution in [-0.2, 0) is 4.79 Å². The fraction of sp³-hybridized carbons (Fsp3) is 0.500. The number of aliphatic carboxylic acids is 1. The Balaban J connectivity index is 3.45. The first-order chi connectivity index (χ1) is 8.19. The third-order valence-electron chi connectivity index (χ3n) is 2.83. The molecule has 0 bridgehead atoms. The lowest BCUT2D eigenvalue weighted by Crippen LogP contribution is -2.51. The van der Waals surface area contributed by atoms with Crippen molar-refractivity contribution >= 4 is 5.97 Å². The van der Waals surface area contributed by atoms with Gasteiger partial charge in [0, 0.05) is 0 Å². The van der Waals surface area contributed by atoms with Crippen LogP contribution in [0.1, 0.15) is 13.3 Å². The first-order valence-corrected chi connectivity index (χ1v) is 4.96. The van der Waals surface area contributed by atoms with Crippen molar-refractivity contribution in [2.24, 2.45) is 11.7 Å². The van der Waals surface area contributed by atoms with E-state index in [-0.39, 0.29) is 0 Å². The largest absolute Gasteiger partial charge is 0.481 e. The number of nitrogens with two attached hydrogens (primary N) is 1. The Morgan fingerprint density at radius 2 is 1.94 bits per heavy atom. The van der Waals surface area contributed by atoms with Gasteiger partial charge in [0.25, 0.3) is 0 Å². The van der Waals surface area contributed by atoms with Crippen LogP contribution in [0.4, 0.5) is 22.0 Å². The monoisotopic (exact) mass is 271 g/mol. The van der Waals surface area contributed by atoms with Gasteiger partial charge in [-0.05, 0) is 6.42 Å². The van der Waals surface area contributed by atoms with Crippen molar-refractivity contribution in [3.8, 4) is 0 Å². The van der Waals surface area contributed by atoms with Crippen LogP contribution in [0.5, 0.6) is 0 Å². The molecule has 0 aliphatic heterocycles. The highest BCUT2D eigenvalue weighted by molar-refractivity contribution is 5.73. The van der Waals surface area contributed by atoms with E-state index in [2.05, 4.69) is 0 Å². The molecule has 0 aromatic carbocycles. The van der Waals surface area contributed by atoms with E-state index >= 15 is 0 Å². The van der Waals surface area contributed by atoms with Crippen LogP contribution >= 0.6 is 0 Å². The number of carboxylic acids is 1. The predicted molar refractivity (Wildman–Crippen MR) is 51.7 cm³/mol. The van der Waals surface area contributed by atoms with Gasteiger partial charge in [-0.3, -0.25) is 4.79 Å². The predicted octanol–water partition coefficient (Wildman–Crippen LogP) is 2.45. The summed E-state index contributed by atoms with van der Waals surface area (Å²) in [7, 11) is 0. The van der Waals surface area contributed by atoms with Gasteiger partial charge in [-0.1, -0.05) is 6.92 Å². The van der Waals surface area contributed by atoms with Crippen LogP contribution in [-0.4, -0.2) is 22.9 Å². The highest BCUT2D eigenvalue weighted by Gasteiger charge is 2.59. The van der Waals surface area contributed by atoms with Gasteiger partial charge in [0.15, 0.2) is 23.7 Å². The fourth-order valence-corrected chi connectivity index (χ4v) is 1.82. The number of carboxylic acid groups (broad SMARTS) is 1. The van der Waals surface area contributed by atoms with Crippen molar-refractivity contribution in [1.82, 2.24) is 0 Å². The van der Waals surface area contributed by atoms with Crippen molar-refractivity contribution in [2.75, 3.05) is 0 Å². The molecule has 8 heteroatoms. The number of hydrogen-bond acceptors (Lipinski definition) is 2. The van der Waals surface area contributed by atoms with Crippen LogP contribution in [0, 0.1) is 5.92 Å². The first-order valence-electron chi connectivity index (χ1n) is 4.96. The van der Waals surface area contributed by atoms with Gasteiger partial charge in [0.1, 0.15) is 5.92 Å². The summed E-state index contributed by atoms with van der Waals surface area (Å²) in [6.45, 7) is 1.14. The van der Waals surface area contributed by atoms with Crippen LogP contribution in [0.15, 0.2) is 23.2 Å². The lowest BCUT2D eigenvalue weighted by molar-refractivity contribution is -0.149. The van der Waals surface area contributed by atoms with E-state index in [1.165, 1.54) is 0 Å². The Labute approximate surface area is 98.8 Å². The molecule has 1 aliphatic carbocycles. The number of alkyl halides is 2. The molecule has 3 nitrogen and oxygen atoms in total. The Hall–Kier alpha value is -1.60. The Kier molecular flexibility index (Phi) is 3.68. The lowest BCUT2D eigenvalue weighted by Gasteiger charge is -2.34. The summed E-state index contributed by atoms with van der Waals surface area (Å²) in [4.78, 5) is 10.8. The number of hydrogen-bond donors (Lipinski definition) is 2. The molecule has 0 unspecified atom stereocenters. The smallest absolute Gasteiger partial charge is 0.310 e. The molecule has 0 radical (unpaired) electrons. The highest BCUT2D eigenvalue weighted by atomic mass is 19.2. The molecule has 0 saturated heterocycles. The average Bonchev–Trinajstić information content (AvgIpc) is 2.32. The van der Waals surface area contributed by atoms with Crippen molar-refractivity contribution < 1.29 is 31.9 Å². The third-order valence-corrected chi connectivity index (χ3v) is 2.83. The number of carbonyl (C=O) groups is 1. The topological polar surface area (TPSA) is 63.3 Å². The molecule has 18 heavy (non-hydrogen) atoms. The molecule has 3 atom stereocenters. The Morgan fingerprint density at radius 3 is 2.33 bits per heavy atom. The summed E-state index contributed by atoms with van der Waals surface area (Å²) >= 11 is 0. The minimum atomic E-state index is -3.84. The van der Waals surface area contributed by atoms with E-state index in [9.17, 15) is 26.7 Å². The standard InChI is InChI=1S/C10H10F5NO2/c1-2-3(9(17)18)10(15)7(13)5(12)4(11)6(16)8(10)14/h3,8H,2,16H2,1H3,(H,17,18)/t3-,8+,10-/m1/s1. The van der Waals surface area contributed by atoms with Gasteiger partial charge in [-0.15, -0.1) is 0 Å². The molecule has 0 aromatic rings. The molecule has 1 aliphatic rings. The molecular formula is C10H10F5NO2. The second kappa shape index (κ2) is 4.58. The normalized spacial score (nSPS) is 30.7. The zero-order chi connectivity index (χ0) is 14.2. The number of rotatable bonds is 3. The molecule has 0 aromatic heterocycles. The highest BCUT2D eigenvalue weighted by Crippen LogP contribution is 2.47. The molecular weight excluding hydrogens is 261 g/mol. The van der Waals surface area contributed by atoms with Gasteiger partial charge in [0.05, 0.1) is 5.70 Å². The average molecular weight is 271 g/mol. The van der Waals surface area contributed by atoms with Crippen LogP contribution < -0.4 is 5.73 Å². The second-order valence-corrected chi connectivity index (χ2v) is 3.83. The molecule has 0 amide bonds. The fourth-order valence-electron chi connectivity index (χ4n) is 1.82. The summed E-state index contributed by atoms with van der Waals surface area (Å²) in [6.07, 6.45) is -3.62. The van der Waals surface area contributed by atoms with E-state index in [4.69, 9.17) is 10.8 Å². The Bertz CT molecular complexity index is 448. The summed E-state index contributed by atoms with van der Waals surface area (Å²) in [5.41, 5.74) is -0.534. The minimum absolute atomic E-state index is 0.526. The number of allylic oxidation sites excluding steroid dienone is 4. The summed E-state index contributed by atoms with van der Waals surface area (Å²) < 4.78 is 67.2. The SMILES string of the molecule is CC[C@H](C(=O)O)[C@@]1(F)C(F)=C(F)C(F)=C(N)[C@@H]1F. The van der Waals surface area contributed by atoms with Gasteiger partial charge >= 0.3 is 5.97 Å². The second-order valence-electron chi connectivity index (χ2n) is 3.83. The lowest BCUT2D eigenvalue weighted by atomic mass is 9.78. The number of halogens is 5. The summed E-state index contributed by atoms with van der Waals surface area (Å²) in [5.74, 6) is -10.9. The van der Waals surface area contributed by atoms with Crippen molar-refractivity contribution in [3.63, 3.8) is 0 Å². The van der Waals surface area contributed by atoms with Crippen molar-refractivity contribution in [3.05, 3.63) is 23.2 Å². The molecule has 0 heterocycles. The van der Waals surface area contributed by atoms with Crippen LogP contribution in [0.2, 0.25) is 0 Å². The molecule has 102 valence electrons. The van der Waals surface area contributed by atoms with E-state index in [0.717, 1.165) is 6.92 Å². The van der Waals surface area contributed by atoms with Gasteiger partial charge in [-0.25, -0.2) is 22.0 Å².